The normalized spacial score (nSPS) is 22.7. The minimum atomic E-state index is -0.136. The summed E-state index contributed by atoms with van der Waals surface area (Å²) in [7, 11) is 0. The first-order valence-corrected chi connectivity index (χ1v) is 11.3. The van der Waals surface area contributed by atoms with E-state index < -0.39 is 0 Å². The zero-order valence-corrected chi connectivity index (χ0v) is 18.8. The van der Waals surface area contributed by atoms with Crippen LogP contribution < -0.4 is 11.1 Å². The van der Waals surface area contributed by atoms with Crippen molar-refractivity contribution in [3.05, 3.63) is 51.7 Å². The van der Waals surface area contributed by atoms with Crippen LogP contribution in [0.15, 0.2) is 45.4 Å². The molecule has 2 atom stereocenters. The summed E-state index contributed by atoms with van der Waals surface area (Å²) >= 11 is 3.61. The molecule has 1 fully saturated rings. The predicted molar refractivity (Wildman–Crippen MR) is 122 cm³/mol. The molecule has 7 nitrogen and oxygen atoms in total. The van der Waals surface area contributed by atoms with Crippen LogP contribution in [0.2, 0.25) is 0 Å². The molecule has 1 aliphatic carbocycles. The minimum absolute atomic E-state index is 0.00589. The molecule has 4 heterocycles. The van der Waals surface area contributed by atoms with E-state index in [0.717, 1.165) is 53.1 Å². The van der Waals surface area contributed by atoms with Gasteiger partial charge in [0.25, 0.3) is 0 Å². The molecular weight excluding hydrogens is 463 g/mol. The Morgan fingerprint density at radius 1 is 1.32 bits per heavy atom. The summed E-state index contributed by atoms with van der Waals surface area (Å²) in [5.41, 5.74) is 10.5. The SMILES string of the molecule is CC(NC1CCOCC1)c1nc2c(C3=CC4CC(F)=CC=C4N=C3)cnn2c(N)c1Br. The first-order chi connectivity index (χ1) is 15.0. The largest absolute Gasteiger partial charge is 0.383 e. The summed E-state index contributed by atoms with van der Waals surface area (Å²) < 4.78 is 21.6. The fourth-order valence-corrected chi connectivity index (χ4v) is 4.93. The number of fused-ring (bicyclic) bond motifs is 2. The van der Waals surface area contributed by atoms with E-state index in [0.29, 0.717) is 23.9 Å². The number of nitrogens with zero attached hydrogens (tertiary/aromatic N) is 4. The van der Waals surface area contributed by atoms with Crippen LogP contribution in [0, 0.1) is 5.92 Å². The highest BCUT2D eigenvalue weighted by atomic mass is 79.9. The van der Waals surface area contributed by atoms with Crippen molar-refractivity contribution in [2.24, 2.45) is 10.9 Å². The number of rotatable bonds is 4. The molecule has 3 aliphatic rings. The summed E-state index contributed by atoms with van der Waals surface area (Å²) in [5.74, 6) is 0.275. The number of nitrogens with two attached hydrogens (primary N) is 1. The average Bonchev–Trinajstić information content (AvgIpc) is 3.20. The molecule has 0 bridgehead atoms. The molecule has 0 spiro atoms. The molecule has 0 saturated carbocycles. The van der Waals surface area contributed by atoms with Crippen LogP contribution in [-0.2, 0) is 4.74 Å². The molecule has 0 aromatic carbocycles. The number of dihydropyridines is 1. The van der Waals surface area contributed by atoms with E-state index in [1.165, 1.54) is 6.08 Å². The van der Waals surface area contributed by atoms with Crippen molar-refractivity contribution in [3.8, 4) is 0 Å². The number of hydrogen-bond donors (Lipinski definition) is 2. The van der Waals surface area contributed by atoms with E-state index in [-0.39, 0.29) is 17.8 Å². The maximum Gasteiger partial charge on any atom is 0.165 e. The van der Waals surface area contributed by atoms with Crippen LogP contribution in [-0.4, -0.2) is 40.1 Å². The van der Waals surface area contributed by atoms with Crippen molar-refractivity contribution in [2.75, 3.05) is 18.9 Å². The van der Waals surface area contributed by atoms with Crippen LogP contribution in [0.25, 0.3) is 11.2 Å². The maximum atomic E-state index is 13.8. The third-order valence-corrected chi connectivity index (χ3v) is 6.85. The van der Waals surface area contributed by atoms with Crippen molar-refractivity contribution >= 4 is 39.2 Å². The Balaban J connectivity index is 1.50. The molecular formula is C22H24BrFN6O. The summed E-state index contributed by atoms with van der Waals surface area (Å²) in [6, 6.07) is 0.376. The van der Waals surface area contributed by atoms with E-state index >= 15 is 0 Å². The smallest absolute Gasteiger partial charge is 0.165 e. The Bertz CT molecular complexity index is 1140. The molecule has 2 aromatic heterocycles. The molecule has 2 unspecified atom stereocenters. The number of anilines is 1. The zero-order chi connectivity index (χ0) is 21.5. The predicted octanol–water partition coefficient (Wildman–Crippen LogP) is 4.13. The first-order valence-electron chi connectivity index (χ1n) is 10.5. The second-order valence-corrected chi connectivity index (χ2v) is 8.95. The Hall–Kier alpha value is -2.36. The molecule has 5 rings (SSSR count). The number of hydrogen-bond acceptors (Lipinski definition) is 6. The molecule has 3 N–H and O–H groups in total. The van der Waals surface area contributed by atoms with Gasteiger partial charge in [-0.3, -0.25) is 4.99 Å². The number of aromatic nitrogens is 3. The topological polar surface area (TPSA) is 89.8 Å². The van der Waals surface area contributed by atoms with Gasteiger partial charge in [-0.25, -0.2) is 9.37 Å². The highest BCUT2D eigenvalue weighted by Crippen LogP contribution is 2.36. The van der Waals surface area contributed by atoms with Crippen molar-refractivity contribution in [1.82, 2.24) is 19.9 Å². The van der Waals surface area contributed by atoms with Crippen molar-refractivity contribution in [1.29, 1.82) is 0 Å². The highest BCUT2D eigenvalue weighted by Gasteiger charge is 2.25. The molecule has 9 heteroatoms. The van der Waals surface area contributed by atoms with Gasteiger partial charge in [0.2, 0.25) is 0 Å². The van der Waals surface area contributed by atoms with Crippen molar-refractivity contribution < 1.29 is 9.13 Å². The lowest BCUT2D eigenvalue weighted by atomic mass is 9.90. The Morgan fingerprint density at radius 2 is 2.13 bits per heavy atom. The third-order valence-electron chi connectivity index (χ3n) is 6.04. The molecule has 2 aliphatic heterocycles. The van der Waals surface area contributed by atoms with E-state index in [9.17, 15) is 4.39 Å². The first kappa shape index (κ1) is 20.5. The van der Waals surface area contributed by atoms with Crippen LogP contribution in [0.4, 0.5) is 10.2 Å². The van der Waals surface area contributed by atoms with E-state index in [2.05, 4.69) is 38.3 Å². The van der Waals surface area contributed by atoms with Gasteiger partial charge in [-0.05, 0) is 47.8 Å². The van der Waals surface area contributed by atoms with Gasteiger partial charge in [0.15, 0.2) is 5.65 Å². The minimum Gasteiger partial charge on any atom is -0.383 e. The standard InChI is InChI=1S/C22H24BrFN6O/c1-12(28-16-4-6-31-7-5-16)20-19(23)21(25)30-22(29-20)17(11-27-30)14-8-13-9-15(24)2-3-18(13)26-10-14/h2-3,8,10-13,16,28H,4-7,9,25H2,1H3. The lowest BCUT2D eigenvalue weighted by Gasteiger charge is -2.27. The van der Waals surface area contributed by atoms with Gasteiger partial charge in [0, 0.05) is 60.7 Å². The second kappa shape index (κ2) is 8.29. The van der Waals surface area contributed by atoms with Gasteiger partial charge in [0.1, 0.15) is 11.6 Å². The van der Waals surface area contributed by atoms with Gasteiger partial charge in [-0.15, -0.1) is 0 Å². The van der Waals surface area contributed by atoms with E-state index in [4.69, 9.17) is 15.5 Å². The van der Waals surface area contributed by atoms with E-state index in [1.54, 1.807) is 23.0 Å². The Morgan fingerprint density at radius 3 is 2.94 bits per heavy atom. The van der Waals surface area contributed by atoms with Crippen LogP contribution in [0.5, 0.6) is 0 Å². The molecule has 0 radical (unpaired) electrons. The highest BCUT2D eigenvalue weighted by molar-refractivity contribution is 9.10. The van der Waals surface area contributed by atoms with Gasteiger partial charge in [0.05, 0.1) is 16.4 Å². The van der Waals surface area contributed by atoms with Crippen molar-refractivity contribution in [3.63, 3.8) is 0 Å². The van der Waals surface area contributed by atoms with Gasteiger partial charge < -0.3 is 15.8 Å². The summed E-state index contributed by atoms with van der Waals surface area (Å²) in [4.78, 5) is 9.46. The molecule has 0 amide bonds. The Kier molecular flexibility index (Phi) is 5.49. The number of aliphatic imine (C=N–C) groups is 1. The number of allylic oxidation sites excluding steroid dienone is 5. The second-order valence-electron chi connectivity index (χ2n) is 8.16. The van der Waals surface area contributed by atoms with Crippen LogP contribution in [0.1, 0.15) is 43.5 Å². The van der Waals surface area contributed by atoms with Gasteiger partial charge in [-0.1, -0.05) is 6.08 Å². The molecule has 31 heavy (non-hydrogen) atoms. The molecule has 162 valence electrons. The Labute approximate surface area is 188 Å². The number of ether oxygens (including phenoxy) is 1. The summed E-state index contributed by atoms with van der Waals surface area (Å²) in [6.07, 6.45) is 11.1. The zero-order valence-electron chi connectivity index (χ0n) is 17.2. The quantitative estimate of drug-likeness (QED) is 0.677. The number of nitrogens with one attached hydrogen (secondary N) is 1. The van der Waals surface area contributed by atoms with Gasteiger partial charge >= 0.3 is 0 Å². The van der Waals surface area contributed by atoms with Crippen LogP contribution in [0.3, 0.4) is 0 Å². The maximum absolute atomic E-state index is 13.8. The van der Waals surface area contributed by atoms with E-state index in [1.807, 2.05) is 6.08 Å². The lowest BCUT2D eigenvalue weighted by molar-refractivity contribution is 0.0753. The monoisotopic (exact) mass is 486 g/mol. The van der Waals surface area contributed by atoms with Gasteiger partial charge in [-0.2, -0.15) is 9.61 Å². The average molecular weight is 487 g/mol. The lowest BCUT2D eigenvalue weighted by Crippen LogP contribution is -2.37. The summed E-state index contributed by atoms with van der Waals surface area (Å²) in [6.45, 7) is 3.63. The molecule has 1 saturated heterocycles. The number of nitrogen functional groups attached to an aromatic ring is 1. The number of halogens is 2. The fourth-order valence-electron chi connectivity index (χ4n) is 4.33. The molecule has 2 aromatic rings. The van der Waals surface area contributed by atoms with Crippen LogP contribution >= 0.6 is 15.9 Å². The van der Waals surface area contributed by atoms with Crippen molar-refractivity contribution in [2.45, 2.75) is 38.3 Å². The fraction of sp³-hybridized carbons (Fsp3) is 0.409. The third kappa shape index (κ3) is 3.86. The summed E-state index contributed by atoms with van der Waals surface area (Å²) in [5, 5.41) is 8.10.